The molecule has 0 saturated carbocycles. The summed E-state index contributed by atoms with van der Waals surface area (Å²) in [6.07, 6.45) is 1.88. The van der Waals surface area contributed by atoms with Crippen molar-refractivity contribution in [2.45, 2.75) is 31.6 Å². The molecule has 0 radical (unpaired) electrons. The first-order chi connectivity index (χ1) is 15.2. The Morgan fingerprint density at radius 3 is 2.62 bits per heavy atom. The van der Waals surface area contributed by atoms with Crippen molar-refractivity contribution in [1.29, 1.82) is 0 Å². The Bertz CT molecular complexity index is 1240. The van der Waals surface area contributed by atoms with Crippen molar-refractivity contribution < 1.29 is 22.1 Å². The van der Waals surface area contributed by atoms with E-state index >= 15 is 0 Å². The largest absolute Gasteiger partial charge is 0.355 e. The molecule has 1 fully saturated rings. The molecule has 9 heteroatoms. The number of hydrogen-bond donors (Lipinski definition) is 1. The van der Waals surface area contributed by atoms with Gasteiger partial charge in [0.1, 0.15) is 5.82 Å². The summed E-state index contributed by atoms with van der Waals surface area (Å²) in [6, 6.07) is 12.1. The second kappa shape index (κ2) is 8.84. The fourth-order valence-electron chi connectivity index (χ4n) is 3.68. The monoisotopic (exact) mass is 457 g/mol. The molecule has 0 unspecified atom stereocenters. The fraction of sp³-hybridized carbons (Fsp3) is 0.304. The van der Waals surface area contributed by atoms with Gasteiger partial charge in [0.05, 0.1) is 4.90 Å². The quantitative estimate of drug-likeness (QED) is 0.611. The predicted molar refractivity (Wildman–Crippen MR) is 118 cm³/mol. The van der Waals surface area contributed by atoms with Gasteiger partial charge in [-0.2, -0.15) is 4.31 Å². The summed E-state index contributed by atoms with van der Waals surface area (Å²) in [7, 11) is -3.56. The zero-order valence-electron chi connectivity index (χ0n) is 17.8. The summed E-state index contributed by atoms with van der Waals surface area (Å²) >= 11 is 0. The third-order valence-electron chi connectivity index (χ3n) is 5.57. The normalized spacial score (nSPS) is 17.3. The van der Waals surface area contributed by atoms with Gasteiger partial charge in [-0.25, -0.2) is 12.8 Å². The first kappa shape index (κ1) is 22.2. The molecule has 4 rings (SSSR count). The Hall–Kier alpha value is -3.04. The van der Waals surface area contributed by atoms with E-state index in [2.05, 4.69) is 10.5 Å². The smallest absolute Gasteiger partial charge is 0.277 e. The number of nitrogens with one attached hydrogen (secondary N) is 1. The maximum atomic E-state index is 13.8. The number of anilines is 1. The highest BCUT2D eigenvalue weighted by atomic mass is 32.2. The van der Waals surface area contributed by atoms with E-state index in [1.807, 2.05) is 6.92 Å². The second-order valence-electron chi connectivity index (χ2n) is 8.13. The molecule has 168 valence electrons. The molecule has 0 bridgehead atoms. The van der Waals surface area contributed by atoms with Crippen molar-refractivity contribution in [3.8, 4) is 11.3 Å². The first-order valence-corrected chi connectivity index (χ1v) is 11.8. The van der Waals surface area contributed by atoms with E-state index in [0.717, 1.165) is 12.8 Å². The van der Waals surface area contributed by atoms with Crippen molar-refractivity contribution in [3.05, 3.63) is 65.6 Å². The lowest BCUT2D eigenvalue weighted by molar-refractivity contribution is 0.101. The standard InChI is InChI=1S/C23H24FN3O4S/c1-15-4-3-11-27(14-15)32(29,30)19-9-7-18(8-10-19)25-23(28)21-13-22(31-26-21)17-6-5-16(2)20(24)12-17/h5-10,12-13,15H,3-4,11,14H2,1-2H3,(H,25,28)/t15-/m0/s1. The number of halogens is 1. The Morgan fingerprint density at radius 1 is 1.19 bits per heavy atom. The van der Waals surface area contributed by atoms with Gasteiger partial charge in [0.15, 0.2) is 11.5 Å². The number of piperidine rings is 1. The summed E-state index contributed by atoms with van der Waals surface area (Å²) in [6.45, 7) is 4.73. The minimum atomic E-state index is -3.56. The number of carbonyl (C=O) groups excluding carboxylic acids is 1. The zero-order valence-corrected chi connectivity index (χ0v) is 18.7. The summed E-state index contributed by atoms with van der Waals surface area (Å²) in [5, 5.41) is 6.42. The molecule has 0 aliphatic carbocycles. The molecule has 32 heavy (non-hydrogen) atoms. The lowest BCUT2D eigenvalue weighted by atomic mass is 10.0. The van der Waals surface area contributed by atoms with Crippen LogP contribution in [0.5, 0.6) is 0 Å². The molecular weight excluding hydrogens is 433 g/mol. The van der Waals surface area contributed by atoms with E-state index in [-0.39, 0.29) is 22.2 Å². The molecule has 1 aromatic heterocycles. The van der Waals surface area contributed by atoms with Gasteiger partial charge in [0, 0.05) is 30.4 Å². The van der Waals surface area contributed by atoms with Crippen LogP contribution in [0.1, 0.15) is 35.8 Å². The second-order valence-corrected chi connectivity index (χ2v) is 10.1. The van der Waals surface area contributed by atoms with Crippen LogP contribution in [-0.2, 0) is 10.0 Å². The summed E-state index contributed by atoms with van der Waals surface area (Å²) in [5.74, 6) is -0.293. The minimum absolute atomic E-state index is 0.0278. The molecule has 0 spiro atoms. The lowest BCUT2D eigenvalue weighted by Gasteiger charge is -2.30. The number of carbonyl (C=O) groups is 1. The van der Waals surface area contributed by atoms with Crippen molar-refractivity contribution in [2.75, 3.05) is 18.4 Å². The van der Waals surface area contributed by atoms with E-state index < -0.39 is 15.9 Å². The molecule has 1 N–H and O–H groups in total. The molecule has 1 aliphatic heterocycles. The average Bonchev–Trinajstić information content (AvgIpc) is 3.26. The first-order valence-electron chi connectivity index (χ1n) is 10.4. The highest BCUT2D eigenvalue weighted by Crippen LogP contribution is 2.25. The maximum Gasteiger partial charge on any atom is 0.277 e. The van der Waals surface area contributed by atoms with E-state index in [4.69, 9.17) is 4.52 Å². The molecule has 1 aliphatic rings. The Kier molecular flexibility index (Phi) is 6.12. The van der Waals surface area contributed by atoms with Gasteiger partial charge in [-0.1, -0.05) is 24.2 Å². The van der Waals surface area contributed by atoms with E-state index in [9.17, 15) is 17.6 Å². The van der Waals surface area contributed by atoms with Crippen LogP contribution in [0.4, 0.5) is 10.1 Å². The van der Waals surface area contributed by atoms with Crippen molar-refractivity contribution in [3.63, 3.8) is 0 Å². The Balaban J connectivity index is 1.45. The molecule has 1 atom stereocenters. The number of sulfonamides is 1. The third-order valence-corrected chi connectivity index (χ3v) is 7.45. The third kappa shape index (κ3) is 4.58. The maximum absolute atomic E-state index is 13.8. The topological polar surface area (TPSA) is 92.5 Å². The van der Waals surface area contributed by atoms with Crippen LogP contribution in [0.2, 0.25) is 0 Å². The number of nitrogens with zero attached hydrogens (tertiary/aromatic N) is 2. The van der Waals surface area contributed by atoms with Crippen LogP contribution >= 0.6 is 0 Å². The van der Waals surface area contributed by atoms with Gasteiger partial charge in [0.2, 0.25) is 10.0 Å². The number of rotatable bonds is 5. The molecule has 1 amide bonds. The van der Waals surface area contributed by atoms with Gasteiger partial charge in [-0.05, 0) is 61.6 Å². The highest BCUT2D eigenvalue weighted by Gasteiger charge is 2.28. The van der Waals surface area contributed by atoms with Crippen LogP contribution in [-0.4, -0.2) is 36.9 Å². The fourth-order valence-corrected chi connectivity index (χ4v) is 5.28. The van der Waals surface area contributed by atoms with Gasteiger partial charge >= 0.3 is 0 Å². The van der Waals surface area contributed by atoms with E-state index in [1.165, 1.54) is 40.7 Å². The van der Waals surface area contributed by atoms with Gasteiger partial charge in [-0.3, -0.25) is 4.79 Å². The van der Waals surface area contributed by atoms with E-state index in [1.54, 1.807) is 19.1 Å². The van der Waals surface area contributed by atoms with Crippen molar-refractivity contribution in [2.24, 2.45) is 5.92 Å². The number of hydrogen-bond acceptors (Lipinski definition) is 5. The van der Waals surface area contributed by atoms with Crippen LogP contribution < -0.4 is 5.32 Å². The van der Waals surface area contributed by atoms with Gasteiger partial charge in [-0.15, -0.1) is 0 Å². The molecule has 2 aromatic carbocycles. The van der Waals surface area contributed by atoms with Gasteiger partial charge in [0.25, 0.3) is 5.91 Å². The minimum Gasteiger partial charge on any atom is -0.355 e. The van der Waals surface area contributed by atoms with Crippen molar-refractivity contribution >= 4 is 21.6 Å². The van der Waals surface area contributed by atoms with Gasteiger partial charge < -0.3 is 9.84 Å². The molecule has 7 nitrogen and oxygen atoms in total. The van der Waals surface area contributed by atoms with Crippen LogP contribution in [0.3, 0.4) is 0 Å². The van der Waals surface area contributed by atoms with Crippen molar-refractivity contribution in [1.82, 2.24) is 9.46 Å². The van der Waals surface area contributed by atoms with E-state index in [0.29, 0.717) is 35.8 Å². The Labute approximate surface area is 186 Å². The molecule has 3 aromatic rings. The summed E-state index contributed by atoms with van der Waals surface area (Å²) in [4.78, 5) is 12.7. The Morgan fingerprint density at radius 2 is 1.94 bits per heavy atom. The van der Waals surface area contributed by atoms with Crippen LogP contribution in [0.15, 0.2) is 57.9 Å². The predicted octanol–water partition coefficient (Wildman–Crippen LogP) is 4.46. The number of amides is 1. The van der Waals surface area contributed by atoms with Crippen LogP contribution in [0.25, 0.3) is 11.3 Å². The number of benzene rings is 2. The zero-order chi connectivity index (χ0) is 22.9. The lowest BCUT2D eigenvalue weighted by Crippen LogP contribution is -2.39. The summed E-state index contributed by atoms with van der Waals surface area (Å²) in [5.41, 5.74) is 1.43. The average molecular weight is 458 g/mol. The summed E-state index contributed by atoms with van der Waals surface area (Å²) < 4.78 is 46.2. The SMILES string of the molecule is Cc1ccc(-c2cc(C(=O)Nc3ccc(S(=O)(=O)N4CCC[C@H](C)C4)cc3)no2)cc1F. The van der Waals surface area contributed by atoms with Crippen LogP contribution in [0, 0.1) is 18.7 Å². The molecule has 1 saturated heterocycles. The molecular formula is C23H24FN3O4S. The highest BCUT2D eigenvalue weighted by molar-refractivity contribution is 7.89. The number of aromatic nitrogens is 1. The molecule has 2 heterocycles. The number of aryl methyl sites for hydroxylation is 1.